The Hall–Kier alpha value is -3.87. The topological polar surface area (TPSA) is 59.9 Å². The van der Waals surface area contributed by atoms with Crippen molar-refractivity contribution < 1.29 is 22.8 Å². The summed E-state index contributed by atoms with van der Waals surface area (Å²) in [6, 6.07) is 16.5. The predicted octanol–water partition coefficient (Wildman–Crippen LogP) is 5.23. The maximum atomic E-state index is 12.8. The summed E-state index contributed by atoms with van der Waals surface area (Å²) in [4.78, 5) is 33.5. The van der Waals surface area contributed by atoms with Crippen LogP contribution in [-0.4, -0.2) is 21.5 Å². The number of hydrogen-bond donors (Lipinski definition) is 0. The first-order chi connectivity index (χ1) is 15.3. The zero-order valence-corrected chi connectivity index (χ0v) is 16.8. The molecule has 0 aliphatic heterocycles. The highest BCUT2D eigenvalue weighted by molar-refractivity contribution is 6.10. The molecule has 0 radical (unpaired) electrons. The summed E-state index contributed by atoms with van der Waals surface area (Å²) in [6.45, 7) is 0. The van der Waals surface area contributed by atoms with Crippen molar-refractivity contribution in [3.05, 3.63) is 107 Å². The third-order valence-corrected chi connectivity index (χ3v) is 5.00. The van der Waals surface area contributed by atoms with Gasteiger partial charge in [0.1, 0.15) is 5.78 Å². The molecule has 4 nitrogen and oxygen atoms in total. The van der Waals surface area contributed by atoms with E-state index in [4.69, 9.17) is 0 Å². The van der Waals surface area contributed by atoms with E-state index in [2.05, 4.69) is 9.97 Å². The zero-order valence-electron chi connectivity index (χ0n) is 16.8. The number of fused-ring (bicyclic) bond motifs is 1. The lowest BCUT2D eigenvalue weighted by molar-refractivity contribution is -0.137. The smallest absolute Gasteiger partial charge is 0.299 e. The molecular formula is C25H17F3N2O2. The number of hydrogen-bond acceptors (Lipinski definition) is 4. The zero-order chi connectivity index (χ0) is 22.7. The van der Waals surface area contributed by atoms with Crippen LogP contribution < -0.4 is 0 Å². The molecule has 0 unspecified atom stereocenters. The van der Waals surface area contributed by atoms with Crippen molar-refractivity contribution in [2.24, 2.45) is 0 Å². The summed E-state index contributed by atoms with van der Waals surface area (Å²) in [7, 11) is 0. The molecule has 0 aliphatic rings. The van der Waals surface area contributed by atoms with Gasteiger partial charge in [0.05, 0.1) is 16.6 Å². The average Bonchev–Trinajstić information content (AvgIpc) is 2.78. The van der Waals surface area contributed by atoms with Gasteiger partial charge in [0.2, 0.25) is 0 Å². The van der Waals surface area contributed by atoms with Crippen molar-refractivity contribution in [3.8, 4) is 0 Å². The van der Waals surface area contributed by atoms with Crippen molar-refractivity contribution in [2.45, 2.75) is 19.0 Å². The molecule has 7 heteroatoms. The number of aromatic nitrogens is 2. The summed E-state index contributed by atoms with van der Waals surface area (Å²) in [5, 5.41) is 0. The van der Waals surface area contributed by atoms with Gasteiger partial charge in [-0.15, -0.1) is 0 Å². The van der Waals surface area contributed by atoms with Crippen LogP contribution in [0, 0.1) is 0 Å². The van der Waals surface area contributed by atoms with E-state index in [1.807, 2.05) is 0 Å². The third kappa shape index (κ3) is 4.88. The quantitative estimate of drug-likeness (QED) is 0.390. The molecule has 1 heterocycles. The molecule has 0 aliphatic carbocycles. The van der Waals surface area contributed by atoms with E-state index >= 15 is 0 Å². The second kappa shape index (κ2) is 8.70. The number of alkyl halides is 3. The van der Waals surface area contributed by atoms with Crippen LogP contribution in [0.15, 0.2) is 79.1 Å². The molecule has 0 bridgehead atoms. The molecule has 0 atom stereocenters. The number of benzene rings is 3. The maximum absolute atomic E-state index is 12.8. The number of carbonyl (C=O) groups excluding carboxylic acids is 2. The lowest BCUT2D eigenvalue weighted by atomic mass is 9.98. The first kappa shape index (κ1) is 21.4. The molecule has 0 spiro atoms. The van der Waals surface area contributed by atoms with E-state index in [0.29, 0.717) is 33.3 Å². The van der Waals surface area contributed by atoms with Crippen LogP contribution >= 0.6 is 0 Å². The van der Waals surface area contributed by atoms with Crippen LogP contribution in [0.5, 0.6) is 0 Å². The Morgan fingerprint density at radius 1 is 0.719 bits per heavy atom. The Morgan fingerprint density at radius 2 is 1.38 bits per heavy atom. The second-order valence-corrected chi connectivity index (χ2v) is 7.38. The van der Waals surface area contributed by atoms with Gasteiger partial charge in [0.25, 0.3) is 0 Å². The van der Waals surface area contributed by atoms with E-state index in [-0.39, 0.29) is 24.4 Å². The van der Waals surface area contributed by atoms with Crippen molar-refractivity contribution in [3.63, 3.8) is 0 Å². The number of halogens is 3. The lowest BCUT2D eigenvalue weighted by Crippen LogP contribution is -2.09. The molecule has 0 amide bonds. The fraction of sp³-hybridized carbons (Fsp3) is 0.120. The standard InChI is InChI=1S/C25H17F3N2O2/c26-25(27,28)20-3-1-2-17(12-20)14-21(31)13-16-4-6-18(7-5-16)24(32)19-8-9-22-23(15-19)30-11-10-29-22/h1-12,15H,13-14H2. The monoisotopic (exact) mass is 434 g/mol. The fourth-order valence-electron chi connectivity index (χ4n) is 3.42. The number of carbonyl (C=O) groups is 2. The first-order valence-electron chi connectivity index (χ1n) is 9.82. The molecule has 3 aromatic carbocycles. The van der Waals surface area contributed by atoms with E-state index in [1.165, 1.54) is 12.1 Å². The predicted molar refractivity (Wildman–Crippen MR) is 113 cm³/mol. The minimum Gasteiger partial charge on any atom is -0.299 e. The number of ketones is 2. The minimum atomic E-state index is -4.45. The molecule has 32 heavy (non-hydrogen) atoms. The number of nitrogens with zero attached hydrogens (tertiary/aromatic N) is 2. The molecule has 4 aromatic rings. The van der Waals surface area contributed by atoms with Gasteiger partial charge < -0.3 is 0 Å². The molecule has 0 saturated carbocycles. The molecule has 4 rings (SSSR count). The van der Waals surface area contributed by atoms with Crippen molar-refractivity contribution >= 4 is 22.6 Å². The van der Waals surface area contributed by atoms with Gasteiger partial charge in [-0.2, -0.15) is 13.2 Å². The second-order valence-electron chi connectivity index (χ2n) is 7.38. The summed E-state index contributed by atoms with van der Waals surface area (Å²) in [5.74, 6) is -0.393. The Bertz CT molecular complexity index is 1300. The highest BCUT2D eigenvalue weighted by Crippen LogP contribution is 2.29. The molecule has 0 saturated heterocycles. The Morgan fingerprint density at radius 3 is 2.09 bits per heavy atom. The van der Waals surface area contributed by atoms with E-state index < -0.39 is 11.7 Å². The fourth-order valence-corrected chi connectivity index (χ4v) is 3.42. The van der Waals surface area contributed by atoms with Gasteiger partial charge in [-0.25, -0.2) is 0 Å². The van der Waals surface area contributed by atoms with Gasteiger partial charge in [-0.3, -0.25) is 19.6 Å². The molecule has 0 N–H and O–H groups in total. The van der Waals surface area contributed by atoms with Gasteiger partial charge in [-0.05, 0) is 35.4 Å². The summed E-state index contributed by atoms with van der Waals surface area (Å²) >= 11 is 0. The van der Waals surface area contributed by atoms with Crippen LogP contribution in [-0.2, 0) is 23.8 Å². The van der Waals surface area contributed by atoms with Crippen molar-refractivity contribution in [1.82, 2.24) is 9.97 Å². The summed E-state index contributed by atoms with van der Waals surface area (Å²) < 4.78 is 38.5. The highest BCUT2D eigenvalue weighted by atomic mass is 19.4. The average molecular weight is 434 g/mol. The van der Waals surface area contributed by atoms with Crippen LogP contribution in [0.3, 0.4) is 0 Å². The van der Waals surface area contributed by atoms with Gasteiger partial charge in [0, 0.05) is 36.4 Å². The molecular weight excluding hydrogens is 417 g/mol. The Balaban J connectivity index is 1.43. The largest absolute Gasteiger partial charge is 0.416 e. The van der Waals surface area contributed by atoms with Crippen molar-refractivity contribution in [1.29, 1.82) is 0 Å². The summed E-state index contributed by atoms with van der Waals surface area (Å²) in [6.07, 6.45) is -1.34. The highest BCUT2D eigenvalue weighted by Gasteiger charge is 2.30. The minimum absolute atomic E-state index is 0.0658. The summed E-state index contributed by atoms with van der Waals surface area (Å²) in [5.41, 5.74) is 2.48. The Labute approximate surface area is 181 Å². The van der Waals surface area contributed by atoms with E-state index in [9.17, 15) is 22.8 Å². The van der Waals surface area contributed by atoms with Crippen LogP contribution in [0.25, 0.3) is 11.0 Å². The number of Topliss-reactive ketones (excluding diaryl/α,β-unsaturated/α-hetero) is 1. The normalized spacial score (nSPS) is 11.5. The molecule has 160 valence electrons. The van der Waals surface area contributed by atoms with Crippen LogP contribution in [0.2, 0.25) is 0 Å². The maximum Gasteiger partial charge on any atom is 0.416 e. The first-order valence-corrected chi connectivity index (χ1v) is 9.82. The van der Waals surface area contributed by atoms with E-state index in [0.717, 1.165) is 12.1 Å². The molecule has 0 fully saturated rings. The third-order valence-electron chi connectivity index (χ3n) is 5.00. The lowest BCUT2D eigenvalue weighted by Gasteiger charge is -2.08. The van der Waals surface area contributed by atoms with Crippen LogP contribution in [0.1, 0.15) is 32.6 Å². The SMILES string of the molecule is O=C(Cc1ccc(C(=O)c2ccc3nccnc3c2)cc1)Cc1cccc(C(F)(F)F)c1. The van der Waals surface area contributed by atoms with Gasteiger partial charge >= 0.3 is 6.18 Å². The van der Waals surface area contributed by atoms with Gasteiger partial charge in [-0.1, -0.05) is 42.5 Å². The van der Waals surface area contributed by atoms with Gasteiger partial charge in [0.15, 0.2) is 5.78 Å². The van der Waals surface area contributed by atoms with Crippen molar-refractivity contribution in [2.75, 3.05) is 0 Å². The number of rotatable bonds is 6. The van der Waals surface area contributed by atoms with Crippen LogP contribution in [0.4, 0.5) is 13.2 Å². The molecule has 1 aromatic heterocycles. The Kier molecular flexibility index (Phi) is 5.81. The van der Waals surface area contributed by atoms with E-state index in [1.54, 1.807) is 54.9 Å².